The molecule has 2 aromatic rings. The Bertz CT molecular complexity index is 790. The lowest BCUT2D eigenvalue weighted by Gasteiger charge is -2.36. The highest BCUT2D eigenvalue weighted by molar-refractivity contribution is 6.32. The van der Waals surface area contributed by atoms with Crippen LogP contribution in [0.4, 0.5) is 10.1 Å². The van der Waals surface area contributed by atoms with E-state index >= 15 is 0 Å². The van der Waals surface area contributed by atoms with Crippen LogP contribution in [0.5, 0.6) is 11.5 Å². The molecule has 1 saturated heterocycles. The number of methoxy groups -OCH3 is 2. The first-order valence-corrected chi connectivity index (χ1v) is 8.62. The molecular formula is C19H20ClFN2O3. The van der Waals surface area contributed by atoms with Gasteiger partial charge in [0.1, 0.15) is 5.82 Å². The molecule has 0 saturated carbocycles. The van der Waals surface area contributed by atoms with E-state index in [-0.39, 0.29) is 11.7 Å². The summed E-state index contributed by atoms with van der Waals surface area (Å²) in [6.45, 7) is 2.50. The molecule has 0 atom stereocenters. The second-order valence-electron chi connectivity index (χ2n) is 5.95. The number of piperazine rings is 1. The maximum atomic E-state index is 13.1. The number of amides is 1. The molecule has 0 N–H and O–H groups in total. The van der Waals surface area contributed by atoms with Crippen LogP contribution in [0.25, 0.3) is 0 Å². The molecule has 0 unspecified atom stereocenters. The second kappa shape index (κ2) is 7.83. The zero-order valence-electron chi connectivity index (χ0n) is 14.7. The molecule has 7 heteroatoms. The zero-order chi connectivity index (χ0) is 18.7. The standard InChI is InChI=1S/C19H20ClFN2O3/c1-25-17-12-13(11-16(20)18(17)26-2)19(24)23-9-7-22(8-10-23)15-5-3-14(21)4-6-15/h3-6,11-12H,7-10H2,1-2H3. The molecular weight excluding hydrogens is 359 g/mol. The van der Waals surface area contributed by atoms with E-state index in [0.717, 1.165) is 5.69 Å². The molecule has 0 bridgehead atoms. The van der Waals surface area contributed by atoms with Gasteiger partial charge < -0.3 is 19.3 Å². The summed E-state index contributed by atoms with van der Waals surface area (Å²) in [7, 11) is 3.00. The van der Waals surface area contributed by atoms with Gasteiger partial charge in [0, 0.05) is 37.4 Å². The first-order chi connectivity index (χ1) is 12.5. The minimum Gasteiger partial charge on any atom is -0.493 e. The van der Waals surface area contributed by atoms with Gasteiger partial charge in [0.25, 0.3) is 5.91 Å². The molecule has 1 heterocycles. The normalized spacial score (nSPS) is 14.3. The van der Waals surface area contributed by atoms with Crippen molar-refractivity contribution in [3.63, 3.8) is 0 Å². The molecule has 0 aromatic heterocycles. The monoisotopic (exact) mass is 378 g/mol. The van der Waals surface area contributed by atoms with Crippen LogP contribution >= 0.6 is 11.6 Å². The molecule has 2 aromatic carbocycles. The lowest BCUT2D eigenvalue weighted by Crippen LogP contribution is -2.48. The summed E-state index contributed by atoms with van der Waals surface area (Å²) in [5.41, 5.74) is 1.41. The lowest BCUT2D eigenvalue weighted by atomic mass is 10.1. The summed E-state index contributed by atoms with van der Waals surface area (Å²) in [5, 5.41) is 0.333. The Morgan fingerprint density at radius 1 is 1.04 bits per heavy atom. The second-order valence-corrected chi connectivity index (χ2v) is 6.36. The Morgan fingerprint density at radius 3 is 2.27 bits per heavy atom. The summed E-state index contributed by atoms with van der Waals surface area (Å²) >= 11 is 6.20. The number of anilines is 1. The van der Waals surface area contributed by atoms with Crippen molar-refractivity contribution in [1.29, 1.82) is 0 Å². The van der Waals surface area contributed by atoms with Crippen LogP contribution in [-0.2, 0) is 0 Å². The van der Waals surface area contributed by atoms with E-state index in [1.54, 1.807) is 29.2 Å². The Kier molecular flexibility index (Phi) is 5.52. The van der Waals surface area contributed by atoms with E-state index in [1.807, 2.05) is 0 Å². The Hall–Kier alpha value is -2.47. The van der Waals surface area contributed by atoms with Gasteiger partial charge in [-0.1, -0.05) is 11.6 Å². The molecule has 0 radical (unpaired) electrons. The van der Waals surface area contributed by atoms with Gasteiger partial charge in [-0.05, 0) is 36.4 Å². The maximum Gasteiger partial charge on any atom is 0.254 e. The molecule has 0 aliphatic carbocycles. The summed E-state index contributed by atoms with van der Waals surface area (Å²) in [6.07, 6.45) is 0. The molecule has 1 fully saturated rings. The Labute approximate surface area is 156 Å². The zero-order valence-corrected chi connectivity index (χ0v) is 15.4. The minimum absolute atomic E-state index is 0.105. The van der Waals surface area contributed by atoms with Crippen LogP contribution in [0.15, 0.2) is 36.4 Å². The van der Waals surface area contributed by atoms with Crippen molar-refractivity contribution in [2.45, 2.75) is 0 Å². The predicted octanol–water partition coefficient (Wildman–Crippen LogP) is 3.46. The van der Waals surface area contributed by atoms with Crippen molar-refractivity contribution in [2.24, 2.45) is 0 Å². The van der Waals surface area contributed by atoms with Crippen LogP contribution in [0.2, 0.25) is 5.02 Å². The average molecular weight is 379 g/mol. The Balaban J connectivity index is 1.70. The summed E-state index contributed by atoms with van der Waals surface area (Å²) in [5.74, 6) is 0.472. The number of rotatable bonds is 4. The van der Waals surface area contributed by atoms with Gasteiger partial charge in [-0.3, -0.25) is 4.79 Å². The molecule has 1 aliphatic heterocycles. The molecule has 3 rings (SSSR count). The first-order valence-electron chi connectivity index (χ1n) is 8.25. The van der Waals surface area contributed by atoms with Crippen molar-refractivity contribution >= 4 is 23.2 Å². The van der Waals surface area contributed by atoms with Gasteiger partial charge in [-0.25, -0.2) is 4.39 Å². The van der Waals surface area contributed by atoms with Gasteiger partial charge in [0.05, 0.1) is 19.2 Å². The molecule has 1 amide bonds. The van der Waals surface area contributed by atoms with Gasteiger partial charge in [-0.2, -0.15) is 0 Å². The number of ether oxygens (including phenoxy) is 2. The van der Waals surface area contributed by atoms with Gasteiger partial charge >= 0.3 is 0 Å². The molecule has 5 nitrogen and oxygen atoms in total. The number of carbonyl (C=O) groups is 1. The van der Waals surface area contributed by atoms with Crippen LogP contribution < -0.4 is 14.4 Å². The van der Waals surface area contributed by atoms with Crippen molar-refractivity contribution in [1.82, 2.24) is 4.90 Å². The lowest BCUT2D eigenvalue weighted by molar-refractivity contribution is 0.0746. The van der Waals surface area contributed by atoms with E-state index in [1.165, 1.54) is 26.4 Å². The quantitative estimate of drug-likeness (QED) is 0.817. The van der Waals surface area contributed by atoms with Crippen molar-refractivity contribution in [3.05, 3.63) is 52.8 Å². The minimum atomic E-state index is -0.257. The van der Waals surface area contributed by atoms with E-state index in [2.05, 4.69) is 4.90 Å². The molecule has 0 spiro atoms. The summed E-state index contributed by atoms with van der Waals surface area (Å²) in [6, 6.07) is 9.62. The van der Waals surface area contributed by atoms with Crippen molar-refractivity contribution in [2.75, 3.05) is 45.3 Å². The van der Waals surface area contributed by atoms with E-state index in [4.69, 9.17) is 21.1 Å². The third kappa shape index (κ3) is 3.70. The fourth-order valence-corrected chi connectivity index (χ4v) is 3.33. The van der Waals surface area contributed by atoms with Crippen molar-refractivity contribution < 1.29 is 18.7 Å². The fourth-order valence-electron chi connectivity index (χ4n) is 3.04. The number of halogens is 2. The largest absolute Gasteiger partial charge is 0.493 e. The average Bonchev–Trinajstić information content (AvgIpc) is 2.67. The highest BCUT2D eigenvalue weighted by atomic mass is 35.5. The molecule has 1 aliphatic rings. The fraction of sp³-hybridized carbons (Fsp3) is 0.316. The van der Waals surface area contributed by atoms with Crippen LogP contribution in [-0.4, -0.2) is 51.2 Å². The van der Waals surface area contributed by atoms with Crippen LogP contribution in [0, 0.1) is 5.82 Å². The molecule has 138 valence electrons. The summed E-state index contributed by atoms with van der Waals surface area (Å²) < 4.78 is 23.5. The van der Waals surface area contributed by atoms with E-state index in [0.29, 0.717) is 48.3 Å². The number of carbonyl (C=O) groups excluding carboxylic acids is 1. The number of nitrogens with zero attached hydrogens (tertiary/aromatic N) is 2. The van der Waals surface area contributed by atoms with E-state index in [9.17, 15) is 9.18 Å². The van der Waals surface area contributed by atoms with Crippen LogP contribution in [0.3, 0.4) is 0 Å². The maximum absolute atomic E-state index is 13.1. The van der Waals surface area contributed by atoms with Crippen LogP contribution in [0.1, 0.15) is 10.4 Å². The predicted molar refractivity (Wildman–Crippen MR) is 99.1 cm³/mol. The van der Waals surface area contributed by atoms with Crippen molar-refractivity contribution in [3.8, 4) is 11.5 Å². The SMILES string of the molecule is COc1cc(C(=O)N2CCN(c3ccc(F)cc3)CC2)cc(Cl)c1OC. The highest BCUT2D eigenvalue weighted by Gasteiger charge is 2.24. The highest BCUT2D eigenvalue weighted by Crippen LogP contribution is 2.36. The number of hydrogen-bond donors (Lipinski definition) is 0. The topological polar surface area (TPSA) is 42.0 Å². The third-order valence-corrected chi connectivity index (χ3v) is 4.72. The third-order valence-electron chi connectivity index (χ3n) is 4.44. The molecule has 26 heavy (non-hydrogen) atoms. The van der Waals surface area contributed by atoms with Gasteiger partial charge in [-0.15, -0.1) is 0 Å². The smallest absolute Gasteiger partial charge is 0.254 e. The van der Waals surface area contributed by atoms with Gasteiger partial charge in [0.2, 0.25) is 0 Å². The Morgan fingerprint density at radius 2 is 1.69 bits per heavy atom. The first kappa shape index (κ1) is 18.3. The number of hydrogen-bond acceptors (Lipinski definition) is 4. The van der Waals surface area contributed by atoms with Gasteiger partial charge in [0.15, 0.2) is 11.5 Å². The number of benzene rings is 2. The summed E-state index contributed by atoms with van der Waals surface area (Å²) in [4.78, 5) is 16.7. The van der Waals surface area contributed by atoms with E-state index < -0.39 is 0 Å².